The van der Waals surface area contributed by atoms with Gasteiger partial charge in [-0.2, -0.15) is 0 Å². The Morgan fingerprint density at radius 2 is 1.88 bits per heavy atom. The van der Waals surface area contributed by atoms with Gasteiger partial charge in [0.15, 0.2) is 0 Å². The highest BCUT2D eigenvalue weighted by Gasteiger charge is 2.34. The molecule has 1 aliphatic heterocycles. The molecule has 2 heterocycles. The zero-order valence-electron chi connectivity index (χ0n) is 13.8. The van der Waals surface area contributed by atoms with Gasteiger partial charge >= 0.3 is 0 Å². The fourth-order valence-corrected chi connectivity index (χ4v) is 4.57. The second-order valence-corrected chi connectivity index (χ2v) is 7.49. The van der Waals surface area contributed by atoms with Crippen LogP contribution in [0.4, 0.5) is 4.39 Å². The monoisotopic (exact) mass is 357 g/mol. The van der Waals surface area contributed by atoms with Crippen molar-refractivity contribution in [3.8, 4) is 11.3 Å². The van der Waals surface area contributed by atoms with Crippen molar-refractivity contribution in [3.05, 3.63) is 46.2 Å². The number of thiazole rings is 1. The van der Waals surface area contributed by atoms with Crippen molar-refractivity contribution in [2.45, 2.75) is 38.1 Å². The van der Waals surface area contributed by atoms with E-state index in [1.807, 2.05) is 10.3 Å². The normalized spacial score (nSPS) is 19.1. The molecule has 1 aromatic heterocycles. The van der Waals surface area contributed by atoms with Crippen LogP contribution in [-0.2, 0) is 0 Å². The van der Waals surface area contributed by atoms with Crippen LogP contribution in [0.1, 0.15) is 37.1 Å². The summed E-state index contributed by atoms with van der Waals surface area (Å²) in [5, 5.41) is 21.5. The largest absolute Gasteiger partial charge is 0.510 e. The number of hydrogen-bond acceptors (Lipinski definition) is 4. The van der Waals surface area contributed by atoms with Crippen molar-refractivity contribution in [1.29, 1.82) is 5.41 Å². The lowest BCUT2D eigenvalue weighted by Crippen LogP contribution is -2.38. The van der Waals surface area contributed by atoms with E-state index in [1.54, 1.807) is 12.1 Å². The highest BCUT2D eigenvalue weighted by atomic mass is 32.1. The summed E-state index contributed by atoms with van der Waals surface area (Å²) in [4.78, 5) is 6.60. The van der Waals surface area contributed by atoms with Crippen molar-refractivity contribution >= 4 is 22.7 Å². The van der Waals surface area contributed by atoms with Gasteiger partial charge in [0.05, 0.1) is 17.8 Å². The third kappa shape index (κ3) is 3.06. The van der Waals surface area contributed by atoms with E-state index in [4.69, 9.17) is 5.41 Å². The van der Waals surface area contributed by atoms with Crippen LogP contribution >= 0.6 is 11.3 Å². The van der Waals surface area contributed by atoms with E-state index >= 15 is 0 Å². The van der Waals surface area contributed by atoms with Crippen LogP contribution in [0, 0.1) is 11.2 Å². The lowest BCUT2D eigenvalue weighted by molar-refractivity contribution is 0.241. The third-order valence-corrected chi connectivity index (χ3v) is 5.87. The quantitative estimate of drug-likeness (QED) is 0.826. The van der Waals surface area contributed by atoms with Gasteiger partial charge in [-0.3, -0.25) is 5.41 Å². The number of aromatic nitrogens is 1. The summed E-state index contributed by atoms with van der Waals surface area (Å²) in [5.41, 5.74) is 2.12. The van der Waals surface area contributed by atoms with Crippen LogP contribution in [0.2, 0.25) is 0 Å². The Balaban J connectivity index is 1.58. The number of rotatable bonds is 3. The van der Waals surface area contributed by atoms with E-state index in [-0.39, 0.29) is 11.6 Å². The van der Waals surface area contributed by atoms with Gasteiger partial charge in [0.25, 0.3) is 0 Å². The molecule has 2 aliphatic rings. The number of aliphatic hydroxyl groups is 1. The van der Waals surface area contributed by atoms with Gasteiger partial charge in [-0.15, -0.1) is 11.3 Å². The molecule has 2 aromatic rings. The molecular weight excluding hydrogens is 337 g/mol. The first kappa shape index (κ1) is 16.3. The number of nitrogens with zero attached hydrogens (tertiary/aromatic N) is 2. The minimum atomic E-state index is -0.278. The van der Waals surface area contributed by atoms with Gasteiger partial charge in [0, 0.05) is 17.0 Å². The first-order chi connectivity index (χ1) is 12.1. The first-order valence-corrected chi connectivity index (χ1v) is 9.51. The molecule has 4 nitrogen and oxygen atoms in total. The maximum Gasteiger partial charge on any atom is 0.135 e. The van der Waals surface area contributed by atoms with Gasteiger partial charge in [0.2, 0.25) is 0 Å². The molecular formula is C19H20FN3OS. The zero-order chi connectivity index (χ0) is 17.4. The summed E-state index contributed by atoms with van der Waals surface area (Å²) in [6.45, 7) is 0.407. The predicted molar refractivity (Wildman–Crippen MR) is 98.4 cm³/mol. The van der Waals surface area contributed by atoms with Crippen molar-refractivity contribution in [3.63, 3.8) is 0 Å². The highest BCUT2D eigenvalue weighted by molar-refractivity contribution is 7.11. The van der Waals surface area contributed by atoms with E-state index in [1.165, 1.54) is 42.7 Å². The van der Waals surface area contributed by atoms with Crippen molar-refractivity contribution < 1.29 is 9.50 Å². The van der Waals surface area contributed by atoms with Crippen LogP contribution in [-0.4, -0.2) is 33.4 Å². The lowest BCUT2D eigenvalue weighted by atomic mass is 9.94. The predicted octanol–water partition coefficient (Wildman–Crippen LogP) is 4.84. The average Bonchev–Trinajstić information content (AvgIpc) is 3.21. The number of benzene rings is 1. The number of nitrogens with one attached hydrogen (secondary N) is 1. The minimum absolute atomic E-state index is 0.232. The zero-order valence-corrected chi connectivity index (χ0v) is 14.7. The van der Waals surface area contributed by atoms with Crippen molar-refractivity contribution in [1.82, 2.24) is 9.88 Å². The van der Waals surface area contributed by atoms with Crippen LogP contribution < -0.4 is 0 Å². The molecule has 1 aliphatic carbocycles. The molecule has 130 valence electrons. The second-order valence-electron chi connectivity index (χ2n) is 6.63. The Bertz CT molecular complexity index is 821. The van der Waals surface area contributed by atoms with Gasteiger partial charge in [-0.05, 0) is 37.1 Å². The van der Waals surface area contributed by atoms with Crippen LogP contribution in [0.15, 0.2) is 35.4 Å². The van der Waals surface area contributed by atoms with E-state index in [2.05, 4.69) is 4.98 Å². The molecule has 2 N–H and O–H groups in total. The van der Waals surface area contributed by atoms with E-state index in [9.17, 15) is 9.50 Å². The SMILES string of the molecule is N=C1C(c2nc(-c3ccc(F)cc3)cs2)=C(O)CN1C1CCCCC1. The molecule has 1 saturated carbocycles. The standard InChI is InChI=1S/C19H20FN3OS/c20-13-8-6-12(7-9-13)15-11-25-19(22-15)17-16(24)10-23(18(17)21)14-4-2-1-3-5-14/h6-9,11,14,21,24H,1-5,10H2. The minimum Gasteiger partial charge on any atom is -0.510 e. The Morgan fingerprint density at radius 3 is 2.60 bits per heavy atom. The summed E-state index contributed by atoms with van der Waals surface area (Å²) in [5.74, 6) is 0.334. The first-order valence-electron chi connectivity index (χ1n) is 8.63. The molecule has 0 saturated heterocycles. The van der Waals surface area contributed by atoms with E-state index in [0.717, 1.165) is 24.1 Å². The summed E-state index contributed by atoms with van der Waals surface area (Å²) in [6.07, 6.45) is 5.81. The molecule has 4 rings (SSSR count). The third-order valence-electron chi connectivity index (χ3n) is 5.01. The number of halogens is 1. The number of aliphatic hydroxyl groups excluding tert-OH is 1. The van der Waals surface area contributed by atoms with Crippen molar-refractivity contribution in [2.24, 2.45) is 0 Å². The average molecular weight is 357 g/mol. The van der Waals surface area contributed by atoms with E-state index in [0.29, 0.717) is 29.0 Å². The summed E-state index contributed by atoms with van der Waals surface area (Å²) in [7, 11) is 0. The van der Waals surface area contributed by atoms with Gasteiger partial charge in [0.1, 0.15) is 22.4 Å². The van der Waals surface area contributed by atoms with Gasteiger partial charge in [-0.1, -0.05) is 19.3 Å². The fraction of sp³-hybridized carbons (Fsp3) is 0.368. The Labute approximate surface area is 150 Å². The lowest BCUT2D eigenvalue weighted by Gasteiger charge is -2.32. The highest BCUT2D eigenvalue weighted by Crippen LogP contribution is 2.35. The topological polar surface area (TPSA) is 60.2 Å². The molecule has 0 atom stereocenters. The second kappa shape index (κ2) is 6.59. The Kier molecular flexibility index (Phi) is 4.29. The maximum atomic E-state index is 13.1. The molecule has 0 amide bonds. The molecule has 0 spiro atoms. The molecule has 25 heavy (non-hydrogen) atoms. The van der Waals surface area contributed by atoms with Crippen molar-refractivity contribution in [2.75, 3.05) is 6.54 Å². The fourth-order valence-electron chi connectivity index (χ4n) is 3.67. The molecule has 0 unspecified atom stereocenters. The Hall–Kier alpha value is -2.21. The maximum absolute atomic E-state index is 13.1. The van der Waals surface area contributed by atoms with Crippen LogP contribution in [0.3, 0.4) is 0 Å². The van der Waals surface area contributed by atoms with Gasteiger partial charge in [-0.25, -0.2) is 9.37 Å². The van der Waals surface area contributed by atoms with E-state index < -0.39 is 0 Å². The molecule has 6 heteroatoms. The summed E-state index contributed by atoms with van der Waals surface area (Å²) >= 11 is 1.41. The molecule has 0 radical (unpaired) electrons. The molecule has 1 fully saturated rings. The number of amidine groups is 1. The Morgan fingerprint density at radius 1 is 1.16 bits per heavy atom. The number of hydrogen-bond donors (Lipinski definition) is 2. The van der Waals surface area contributed by atoms with Crippen LogP contribution in [0.25, 0.3) is 16.8 Å². The summed E-state index contributed by atoms with van der Waals surface area (Å²) in [6, 6.07) is 6.55. The smallest absolute Gasteiger partial charge is 0.135 e. The molecule has 1 aromatic carbocycles. The molecule has 0 bridgehead atoms. The van der Waals surface area contributed by atoms with Gasteiger partial charge < -0.3 is 10.0 Å². The summed E-state index contributed by atoms with van der Waals surface area (Å²) < 4.78 is 13.1. The van der Waals surface area contributed by atoms with Crippen LogP contribution in [0.5, 0.6) is 0 Å².